The molecule has 1 aliphatic heterocycles. The molecular formula is C21H25ClN2O4. The molecule has 6 nitrogen and oxygen atoms in total. The van der Waals surface area contributed by atoms with E-state index in [1.54, 1.807) is 6.07 Å². The lowest BCUT2D eigenvalue weighted by Gasteiger charge is -2.24. The highest BCUT2D eigenvalue weighted by atomic mass is 35.5. The number of benzene rings is 1. The molecule has 7 heteroatoms. The number of fused-ring (bicyclic) bond motifs is 3. The first-order chi connectivity index (χ1) is 13.2. The number of hydrogen-bond donors (Lipinski definition) is 1. The predicted molar refractivity (Wildman–Crippen MR) is 111 cm³/mol. The molecule has 0 spiro atoms. The molecule has 2 heterocycles. The summed E-state index contributed by atoms with van der Waals surface area (Å²) >= 11 is 6.55. The van der Waals surface area contributed by atoms with Gasteiger partial charge >= 0.3 is 5.97 Å². The first kappa shape index (κ1) is 20.3. The van der Waals surface area contributed by atoms with E-state index in [2.05, 4.69) is 11.8 Å². The number of pyridine rings is 1. The molecule has 1 aliphatic rings. The standard InChI is InChI=1S/C21H25ClN2O4/c1-5-6-23(4)17-9-20-13(7-15(17)22)16-8-19(25)14(21(26)27)10-24(16)18(11-28-20)12(2)3/h7-10,12,18H,5-6,11H2,1-4H3,(H,26,27)/t18-/m0/s1. The molecule has 1 N–H and O–H groups in total. The zero-order chi connectivity index (χ0) is 20.6. The molecular weight excluding hydrogens is 380 g/mol. The summed E-state index contributed by atoms with van der Waals surface area (Å²) in [6.45, 7) is 7.41. The zero-order valence-electron chi connectivity index (χ0n) is 16.5. The van der Waals surface area contributed by atoms with Gasteiger partial charge in [-0.3, -0.25) is 4.79 Å². The smallest absolute Gasteiger partial charge is 0.341 e. The average Bonchev–Trinajstić information content (AvgIpc) is 2.77. The minimum Gasteiger partial charge on any atom is -0.491 e. The quantitative estimate of drug-likeness (QED) is 0.804. The van der Waals surface area contributed by atoms with Crippen LogP contribution in [0.25, 0.3) is 11.3 Å². The van der Waals surface area contributed by atoms with Gasteiger partial charge in [-0.05, 0) is 18.4 Å². The molecule has 1 atom stereocenters. The number of carboxylic acids is 1. The van der Waals surface area contributed by atoms with Crippen LogP contribution in [0.4, 0.5) is 5.69 Å². The van der Waals surface area contributed by atoms with E-state index in [-0.39, 0.29) is 17.5 Å². The third kappa shape index (κ3) is 3.61. The number of rotatable bonds is 5. The van der Waals surface area contributed by atoms with Crippen LogP contribution in [0.2, 0.25) is 5.02 Å². The summed E-state index contributed by atoms with van der Waals surface area (Å²) in [6.07, 6.45) is 2.41. The van der Waals surface area contributed by atoms with Gasteiger partial charge in [-0.25, -0.2) is 4.79 Å². The Morgan fingerprint density at radius 3 is 2.71 bits per heavy atom. The van der Waals surface area contributed by atoms with Crippen molar-refractivity contribution in [2.24, 2.45) is 5.92 Å². The Hall–Kier alpha value is -2.47. The summed E-state index contributed by atoms with van der Waals surface area (Å²) in [5.41, 5.74) is 1.39. The first-order valence-corrected chi connectivity index (χ1v) is 9.79. The molecule has 0 saturated carbocycles. The Bertz CT molecular complexity index is 968. The normalized spacial score (nSPS) is 15.4. The van der Waals surface area contributed by atoms with Crippen LogP contribution in [0.5, 0.6) is 5.75 Å². The second kappa shape index (κ2) is 7.87. The van der Waals surface area contributed by atoms with E-state index >= 15 is 0 Å². The average molecular weight is 405 g/mol. The lowest BCUT2D eigenvalue weighted by atomic mass is 10.0. The van der Waals surface area contributed by atoms with Crippen molar-refractivity contribution in [1.29, 1.82) is 0 Å². The maximum absolute atomic E-state index is 12.4. The lowest BCUT2D eigenvalue weighted by Crippen LogP contribution is -2.25. The fourth-order valence-electron chi connectivity index (χ4n) is 3.58. The van der Waals surface area contributed by atoms with E-state index in [9.17, 15) is 14.7 Å². The summed E-state index contributed by atoms with van der Waals surface area (Å²) in [5, 5.41) is 9.94. The summed E-state index contributed by atoms with van der Waals surface area (Å²) in [7, 11) is 1.97. The largest absolute Gasteiger partial charge is 0.491 e. The molecule has 0 aliphatic carbocycles. The fourth-order valence-corrected chi connectivity index (χ4v) is 3.89. The fraction of sp³-hybridized carbons (Fsp3) is 0.429. The molecule has 0 radical (unpaired) electrons. The van der Waals surface area contributed by atoms with Crippen molar-refractivity contribution < 1.29 is 14.6 Å². The van der Waals surface area contributed by atoms with Crippen LogP contribution in [0.1, 0.15) is 43.6 Å². The number of nitrogens with zero attached hydrogens (tertiary/aromatic N) is 2. The third-order valence-electron chi connectivity index (χ3n) is 5.14. The third-order valence-corrected chi connectivity index (χ3v) is 5.44. The first-order valence-electron chi connectivity index (χ1n) is 9.41. The molecule has 2 aromatic rings. The Kier molecular flexibility index (Phi) is 5.70. The van der Waals surface area contributed by atoms with Crippen LogP contribution in [0.15, 0.2) is 29.2 Å². The molecule has 28 heavy (non-hydrogen) atoms. The van der Waals surface area contributed by atoms with Gasteiger partial charge in [-0.1, -0.05) is 32.4 Å². The highest BCUT2D eigenvalue weighted by Crippen LogP contribution is 2.42. The van der Waals surface area contributed by atoms with Crippen molar-refractivity contribution in [2.75, 3.05) is 25.1 Å². The highest BCUT2D eigenvalue weighted by Gasteiger charge is 2.28. The van der Waals surface area contributed by atoms with Crippen LogP contribution < -0.4 is 15.1 Å². The van der Waals surface area contributed by atoms with E-state index < -0.39 is 11.4 Å². The van der Waals surface area contributed by atoms with Crippen molar-refractivity contribution in [3.05, 3.63) is 45.2 Å². The Labute approximate surface area is 169 Å². The number of ether oxygens (including phenoxy) is 1. The summed E-state index contributed by atoms with van der Waals surface area (Å²) in [5.74, 6) is -0.417. The van der Waals surface area contributed by atoms with Gasteiger partial charge in [-0.2, -0.15) is 0 Å². The van der Waals surface area contributed by atoms with Crippen LogP contribution >= 0.6 is 11.6 Å². The van der Waals surface area contributed by atoms with Gasteiger partial charge < -0.3 is 19.3 Å². The molecule has 150 valence electrons. The van der Waals surface area contributed by atoms with E-state index in [1.165, 1.54) is 12.3 Å². The number of anilines is 1. The highest BCUT2D eigenvalue weighted by molar-refractivity contribution is 6.33. The minimum absolute atomic E-state index is 0.114. The van der Waals surface area contributed by atoms with Gasteiger partial charge in [0.05, 0.1) is 22.4 Å². The van der Waals surface area contributed by atoms with Gasteiger partial charge in [0.2, 0.25) is 0 Å². The SMILES string of the molecule is CCCN(C)c1cc2c(cc1Cl)-c1cc(=O)c(C(=O)O)cn1[C@H](C(C)C)CO2. The zero-order valence-corrected chi connectivity index (χ0v) is 17.3. The lowest BCUT2D eigenvalue weighted by molar-refractivity contribution is 0.0694. The van der Waals surface area contributed by atoms with Gasteiger partial charge in [0, 0.05) is 37.5 Å². The summed E-state index contributed by atoms with van der Waals surface area (Å²) in [4.78, 5) is 25.9. The molecule has 3 rings (SSSR count). The maximum atomic E-state index is 12.4. The van der Waals surface area contributed by atoms with Crippen molar-refractivity contribution >= 4 is 23.3 Å². The van der Waals surface area contributed by atoms with E-state index in [0.717, 1.165) is 18.7 Å². The van der Waals surface area contributed by atoms with Crippen LogP contribution in [0, 0.1) is 5.92 Å². The molecule has 1 aromatic heterocycles. The molecule has 1 aromatic carbocycles. The number of halogens is 1. The number of hydrogen-bond acceptors (Lipinski definition) is 4. The van der Waals surface area contributed by atoms with Crippen molar-refractivity contribution in [3.8, 4) is 17.0 Å². The molecule has 0 bridgehead atoms. The van der Waals surface area contributed by atoms with Gasteiger partial charge in [0.25, 0.3) is 0 Å². The molecule has 0 saturated heterocycles. The summed E-state index contributed by atoms with van der Waals surface area (Å²) in [6, 6.07) is 4.96. The van der Waals surface area contributed by atoms with Crippen LogP contribution in [-0.4, -0.2) is 35.8 Å². The second-order valence-corrected chi connectivity index (χ2v) is 7.90. The molecule has 0 amide bonds. The van der Waals surface area contributed by atoms with E-state index in [1.807, 2.05) is 31.5 Å². The van der Waals surface area contributed by atoms with Crippen LogP contribution in [0.3, 0.4) is 0 Å². The number of carboxylic acid groups (broad SMARTS) is 1. The van der Waals surface area contributed by atoms with Gasteiger partial charge in [-0.15, -0.1) is 0 Å². The Balaban J connectivity index is 2.25. The van der Waals surface area contributed by atoms with Crippen molar-refractivity contribution in [1.82, 2.24) is 4.57 Å². The van der Waals surface area contributed by atoms with E-state index in [4.69, 9.17) is 16.3 Å². The number of aromatic nitrogens is 1. The second-order valence-electron chi connectivity index (χ2n) is 7.49. The molecule has 0 unspecified atom stereocenters. The van der Waals surface area contributed by atoms with Crippen molar-refractivity contribution in [3.63, 3.8) is 0 Å². The Morgan fingerprint density at radius 2 is 2.11 bits per heavy atom. The van der Waals surface area contributed by atoms with Gasteiger partial charge in [0.15, 0.2) is 5.43 Å². The minimum atomic E-state index is -1.23. The summed E-state index contributed by atoms with van der Waals surface area (Å²) < 4.78 is 7.95. The monoisotopic (exact) mass is 404 g/mol. The molecule has 0 fully saturated rings. The van der Waals surface area contributed by atoms with Crippen molar-refractivity contribution in [2.45, 2.75) is 33.2 Å². The Morgan fingerprint density at radius 1 is 1.39 bits per heavy atom. The number of aromatic carboxylic acids is 1. The number of carbonyl (C=O) groups is 1. The topological polar surface area (TPSA) is 71.8 Å². The predicted octanol–water partition coefficient (Wildman–Crippen LogP) is 4.30. The maximum Gasteiger partial charge on any atom is 0.341 e. The van der Waals surface area contributed by atoms with E-state index in [0.29, 0.717) is 28.6 Å². The van der Waals surface area contributed by atoms with Gasteiger partial charge in [0.1, 0.15) is 17.9 Å². The van der Waals surface area contributed by atoms with Crippen LogP contribution in [-0.2, 0) is 0 Å².